The Morgan fingerprint density at radius 1 is 0.256 bits per heavy atom. The fourth-order valence-electron chi connectivity index (χ4n) is 15.0. The number of hydrogen-bond acceptors (Lipinski definition) is 4. The van der Waals surface area contributed by atoms with E-state index in [1.54, 1.807) is 0 Å². The summed E-state index contributed by atoms with van der Waals surface area (Å²) < 4.78 is 0. The van der Waals surface area contributed by atoms with Crippen molar-refractivity contribution >= 4 is 138 Å². The quantitative estimate of drug-likeness (QED) is 0.141. The molecule has 0 fully saturated rings. The molecule has 82 heavy (non-hydrogen) atoms. The molecule has 0 spiro atoms. The Bertz CT molecular complexity index is 4330. The molecule has 11 aromatic rings. The van der Waals surface area contributed by atoms with E-state index in [0.717, 1.165) is 17.1 Å². The summed E-state index contributed by atoms with van der Waals surface area (Å²) in [5.74, 6) is 0.960. The van der Waals surface area contributed by atoms with Crippen molar-refractivity contribution in [1.82, 2.24) is 0 Å². The van der Waals surface area contributed by atoms with Crippen LogP contribution in [0.5, 0.6) is 0 Å². The minimum absolute atomic E-state index is 0.0109. The molecule has 5 heterocycles. The van der Waals surface area contributed by atoms with E-state index in [1.807, 2.05) is 0 Å². The first kappa shape index (κ1) is 48.7. The summed E-state index contributed by atoms with van der Waals surface area (Å²) in [5.41, 5.74) is 33.3. The highest BCUT2D eigenvalue weighted by atomic mass is 15.2. The second kappa shape index (κ2) is 18.7. The van der Waals surface area contributed by atoms with Gasteiger partial charge in [0.25, 0.3) is 13.4 Å². The number of rotatable bonds is 8. The van der Waals surface area contributed by atoms with Crippen molar-refractivity contribution in [2.75, 3.05) is 19.6 Å². The van der Waals surface area contributed by atoms with E-state index in [2.05, 4.69) is 304 Å². The molecule has 0 bridgehead atoms. The molecule has 16 rings (SSSR count). The summed E-state index contributed by atoms with van der Waals surface area (Å²) in [6.45, 7) is 14.2. The van der Waals surface area contributed by atoms with E-state index in [4.69, 9.17) is 0 Å². The number of nitrogens with zero attached hydrogens (tertiary/aromatic N) is 4. The monoisotopic (exact) mass is 1050 g/mol. The summed E-state index contributed by atoms with van der Waals surface area (Å²) in [7, 11) is 0. The predicted octanol–water partition coefficient (Wildman–Crippen LogP) is 13.7. The first-order valence-corrected chi connectivity index (χ1v) is 29.6. The summed E-state index contributed by atoms with van der Waals surface area (Å²) in [5, 5.41) is 0. The third-order valence-corrected chi connectivity index (χ3v) is 18.6. The molecule has 0 unspecified atom stereocenters. The van der Waals surface area contributed by atoms with Crippen molar-refractivity contribution in [3.63, 3.8) is 0 Å². The van der Waals surface area contributed by atoms with Crippen LogP contribution in [0.4, 0.5) is 68.2 Å². The largest absolute Gasteiger partial charge is 0.312 e. The van der Waals surface area contributed by atoms with Crippen molar-refractivity contribution in [3.05, 3.63) is 259 Å². The minimum atomic E-state index is -0.100. The zero-order valence-electron chi connectivity index (χ0n) is 47.3. The maximum Gasteiger partial charge on any atom is 0.252 e. The van der Waals surface area contributed by atoms with Gasteiger partial charge in [-0.15, -0.1) is 0 Å². The Hall–Kier alpha value is -9.19. The van der Waals surface area contributed by atoms with Crippen LogP contribution < -0.4 is 68.8 Å². The first-order chi connectivity index (χ1) is 40.2. The van der Waals surface area contributed by atoms with E-state index >= 15 is 0 Å². The van der Waals surface area contributed by atoms with Crippen LogP contribution >= 0.6 is 0 Å². The molecule has 0 saturated carbocycles. The zero-order valence-corrected chi connectivity index (χ0v) is 47.3. The van der Waals surface area contributed by atoms with Crippen LogP contribution in [0.3, 0.4) is 0 Å². The van der Waals surface area contributed by atoms with E-state index < -0.39 is 0 Å². The standard InChI is InChI=1S/C75H61B3N4/c1-47(2)52-41-56(48(3)4)72(57(42-52)49(5)6)78-61-43-51(50-25-11-7-12-26-50)39-40-67(61)79(53-27-13-8-14-28-53)68-45-69-62(44-63(68)78)77-60-35-21-24-38-66(60)82-65-37-23-20-34-59(65)76-58-33-19-22-36-64(58)80(54-29-15-9-16-30-54)70-46-71(74(77)75(82)73(70)76)81(69)55-31-17-10-18-32-55/h7-49H,1-6H3. The van der Waals surface area contributed by atoms with Gasteiger partial charge in [-0.25, -0.2) is 0 Å². The van der Waals surface area contributed by atoms with Crippen molar-refractivity contribution in [2.45, 2.75) is 59.3 Å². The average molecular weight is 1050 g/mol. The van der Waals surface area contributed by atoms with Gasteiger partial charge in [-0.3, -0.25) is 0 Å². The van der Waals surface area contributed by atoms with Gasteiger partial charge in [0.05, 0.1) is 0 Å². The van der Waals surface area contributed by atoms with Crippen LogP contribution in [-0.4, -0.2) is 20.1 Å². The van der Waals surface area contributed by atoms with Crippen LogP contribution in [-0.2, 0) is 0 Å². The Morgan fingerprint density at radius 3 is 1.10 bits per heavy atom. The van der Waals surface area contributed by atoms with E-state index in [9.17, 15) is 0 Å². The highest BCUT2D eigenvalue weighted by molar-refractivity contribution is 7.05. The number of benzene rings is 11. The second-order valence-corrected chi connectivity index (χ2v) is 24.1. The molecule has 11 aromatic carbocycles. The molecule has 0 aromatic heterocycles. The Kier molecular flexibility index (Phi) is 11.1. The second-order valence-electron chi connectivity index (χ2n) is 24.1. The topological polar surface area (TPSA) is 13.0 Å². The molecule has 390 valence electrons. The van der Waals surface area contributed by atoms with Crippen LogP contribution in [0, 0.1) is 0 Å². The van der Waals surface area contributed by atoms with Crippen LogP contribution in [0.15, 0.2) is 243 Å². The van der Waals surface area contributed by atoms with Crippen molar-refractivity contribution in [1.29, 1.82) is 0 Å². The minimum Gasteiger partial charge on any atom is -0.312 e. The van der Waals surface area contributed by atoms with Gasteiger partial charge in [-0.05, 0) is 162 Å². The molecule has 7 heteroatoms. The lowest BCUT2D eigenvalue weighted by Gasteiger charge is -2.51. The summed E-state index contributed by atoms with van der Waals surface area (Å²) >= 11 is 0. The molecule has 0 saturated heterocycles. The van der Waals surface area contributed by atoms with Crippen LogP contribution in [0.25, 0.3) is 11.1 Å². The molecular formula is C75H61B3N4. The Balaban J connectivity index is 1.07. The highest BCUT2D eigenvalue weighted by Crippen LogP contribution is 2.51. The van der Waals surface area contributed by atoms with Gasteiger partial charge < -0.3 is 19.6 Å². The molecular weight excluding hydrogens is 989 g/mol. The van der Waals surface area contributed by atoms with Crippen molar-refractivity contribution in [3.8, 4) is 11.1 Å². The van der Waals surface area contributed by atoms with Gasteiger partial charge in [-0.1, -0.05) is 217 Å². The van der Waals surface area contributed by atoms with Crippen molar-refractivity contribution < 1.29 is 0 Å². The molecule has 0 radical (unpaired) electrons. The van der Waals surface area contributed by atoms with Gasteiger partial charge >= 0.3 is 0 Å². The summed E-state index contributed by atoms with van der Waals surface area (Å²) in [4.78, 5) is 10.4. The van der Waals surface area contributed by atoms with Gasteiger partial charge in [0.15, 0.2) is 0 Å². The molecule has 0 aliphatic carbocycles. The SMILES string of the molecule is CC(C)c1cc(C(C)C)c(B2c3cc(-c4ccccc4)ccc3N(c3ccccc3)c3cc4c(cc32)B2c3ccccc3N3c5ccccc5B5c6ccccc6N(c6ccccc6)c6cc(c2c3c65)N4c2ccccc2)c(C(C)C)c1. The maximum absolute atomic E-state index is 2.70. The van der Waals surface area contributed by atoms with E-state index in [1.165, 1.54) is 128 Å². The average Bonchev–Trinajstić information content (AvgIpc) is 0.855. The highest BCUT2D eigenvalue weighted by Gasteiger charge is 2.52. The predicted molar refractivity (Wildman–Crippen MR) is 353 cm³/mol. The van der Waals surface area contributed by atoms with Crippen LogP contribution in [0.2, 0.25) is 0 Å². The Morgan fingerprint density at radius 2 is 0.622 bits per heavy atom. The molecule has 5 aliphatic heterocycles. The molecule has 0 amide bonds. The lowest BCUT2D eigenvalue weighted by atomic mass is 9.28. The lowest BCUT2D eigenvalue weighted by Crippen LogP contribution is -2.69. The van der Waals surface area contributed by atoms with Gasteiger partial charge in [0, 0.05) is 68.2 Å². The smallest absolute Gasteiger partial charge is 0.252 e. The molecule has 0 N–H and O–H groups in total. The van der Waals surface area contributed by atoms with Crippen molar-refractivity contribution in [2.24, 2.45) is 0 Å². The first-order valence-electron chi connectivity index (χ1n) is 29.6. The third-order valence-electron chi connectivity index (χ3n) is 18.6. The van der Waals surface area contributed by atoms with Crippen LogP contribution in [0.1, 0.15) is 76.0 Å². The maximum atomic E-state index is 2.70. The lowest BCUT2D eigenvalue weighted by molar-refractivity contribution is 0.812. The number of para-hydroxylation sites is 6. The number of anilines is 12. The van der Waals surface area contributed by atoms with E-state index in [0.29, 0.717) is 5.92 Å². The van der Waals surface area contributed by atoms with Gasteiger partial charge in [0.2, 0.25) is 6.71 Å². The van der Waals surface area contributed by atoms with Gasteiger partial charge in [0.1, 0.15) is 0 Å². The molecule has 4 nitrogen and oxygen atoms in total. The fraction of sp³-hybridized carbons (Fsp3) is 0.120. The molecule has 5 aliphatic rings. The fourth-order valence-corrected chi connectivity index (χ4v) is 15.0. The van der Waals surface area contributed by atoms with E-state index in [-0.39, 0.29) is 32.0 Å². The summed E-state index contributed by atoms with van der Waals surface area (Å²) in [6, 6.07) is 92.5. The summed E-state index contributed by atoms with van der Waals surface area (Å²) in [6.07, 6.45) is 0. The number of hydrogen-bond donors (Lipinski definition) is 0. The molecule has 0 atom stereocenters. The van der Waals surface area contributed by atoms with Gasteiger partial charge in [-0.2, -0.15) is 0 Å². The number of fused-ring (bicyclic) bond motifs is 12. The normalized spacial score (nSPS) is 13.9. The Labute approximate surface area is 484 Å². The third kappa shape index (κ3) is 7.08. The zero-order chi connectivity index (χ0) is 55.1.